The molecule has 0 atom stereocenters. The summed E-state index contributed by atoms with van der Waals surface area (Å²) < 4.78 is 7.49. The van der Waals surface area contributed by atoms with Gasteiger partial charge in [0.15, 0.2) is 0 Å². The Balaban J connectivity index is 0.000000690. The highest BCUT2D eigenvalue weighted by molar-refractivity contribution is 5.93. The first-order valence-electron chi connectivity index (χ1n) is 10.4. The lowest BCUT2D eigenvalue weighted by molar-refractivity contribution is -0.382. The average molecular weight is 453 g/mol. The maximum Gasteiger partial charge on any atom is 0.269 e. The molecule has 10 nitrogen and oxygen atoms in total. The Labute approximate surface area is 191 Å². The molecule has 0 saturated carbocycles. The lowest BCUT2D eigenvalue weighted by Gasteiger charge is -2.10. The van der Waals surface area contributed by atoms with Crippen LogP contribution in [0.3, 0.4) is 0 Å². The molecule has 1 aliphatic rings. The van der Waals surface area contributed by atoms with Crippen LogP contribution in [0.25, 0.3) is 0 Å². The molecule has 0 aliphatic carbocycles. The molecule has 3 heterocycles. The Bertz CT molecular complexity index is 1090. The van der Waals surface area contributed by atoms with Gasteiger partial charge in [0.25, 0.3) is 11.8 Å². The second-order valence-electron chi connectivity index (χ2n) is 7.06. The lowest BCUT2D eigenvalue weighted by atomic mass is 10.1. The van der Waals surface area contributed by atoms with E-state index >= 15 is 0 Å². The molecule has 1 saturated heterocycles. The molecule has 0 bridgehead atoms. The van der Waals surface area contributed by atoms with E-state index in [1.165, 1.54) is 6.20 Å². The Hall–Kier alpha value is -3.89. The molecular weight excluding hydrogens is 426 g/mol. The molecule has 2 aromatic heterocycles. The number of aromatic nitrogens is 2. The fourth-order valence-corrected chi connectivity index (χ4v) is 2.88. The number of amides is 2. The second-order valence-corrected chi connectivity index (χ2v) is 7.06. The Kier molecular flexibility index (Phi) is 8.39. The lowest BCUT2D eigenvalue weighted by Crippen LogP contribution is -2.27. The van der Waals surface area contributed by atoms with Crippen molar-refractivity contribution < 1.29 is 24.1 Å². The van der Waals surface area contributed by atoms with Crippen molar-refractivity contribution in [2.45, 2.75) is 6.42 Å². The number of benzene rings is 1. The summed E-state index contributed by atoms with van der Waals surface area (Å²) in [5.74, 6) is 1.24. The van der Waals surface area contributed by atoms with Crippen molar-refractivity contribution in [3.05, 3.63) is 71.7 Å². The molecule has 0 radical (unpaired) electrons. The van der Waals surface area contributed by atoms with Gasteiger partial charge in [-0.05, 0) is 42.3 Å². The van der Waals surface area contributed by atoms with Gasteiger partial charge < -0.3 is 25.7 Å². The minimum absolute atomic E-state index is 0.171. The van der Waals surface area contributed by atoms with E-state index in [-0.39, 0.29) is 17.5 Å². The standard InChI is InChI=1S/C21H23N5O3.C2H4O2/c1-23-20(27)17-13-16(9-11-24-17)29-15-5-3-4-14(12-15)8-10-25-21(28)18-6-7-19(22)26(18)2;1-2-4-3-1/h3-7,9,11-13H,8,10,22H2,1-2H3,(H,23,27)(H,25,28);1-2H2. The Morgan fingerprint density at radius 3 is 2.45 bits per heavy atom. The number of nitrogens with one attached hydrogen (secondary N) is 2. The van der Waals surface area contributed by atoms with Crippen LogP contribution in [0, 0.1) is 0 Å². The van der Waals surface area contributed by atoms with E-state index in [0.29, 0.717) is 36.0 Å². The fourth-order valence-electron chi connectivity index (χ4n) is 2.88. The molecule has 4 N–H and O–H groups in total. The maximum atomic E-state index is 12.2. The zero-order chi connectivity index (χ0) is 23.6. The van der Waals surface area contributed by atoms with Gasteiger partial charge in [-0.25, -0.2) is 9.78 Å². The first-order chi connectivity index (χ1) is 16.0. The third-order valence-corrected chi connectivity index (χ3v) is 4.75. The van der Waals surface area contributed by atoms with E-state index in [1.807, 2.05) is 24.3 Å². The van der Waals surface area contributed by atoms with Crippen molar-refractivity contribution in [1.82, 2.24) is 20.2 Å². The number of hydrogen-bond acceptors (Lipinski definition) is 7. The molecule has 1 aliphatic heterocycles. The zero-order valence-electron chi connectivity index (χ0n) is 18.5. The summed E-state index contributed by atoms with van der Waals surface area (Å²) in [7, 11) is 3.30. The molecule has 2 amide bonds. The van der Waals surface area contributed by atoms with E-state index in [9.17, 15) is 9.59 Å². The van der Waals surface area contributed by atoms with E-state index < -0.39 is 0 Å². The first kappa shape index (κ1) is 23.8. The van der Waals surface area contributed by atoms with Gasteiger partial charge in [-0.3, -0.25) is 14.6 Å². The van der Waals surface area contributed by atoms with Crippen molar-refractivity contribution in [2.24, 2.45) is 7.05 Å². The first-order valence-corrected chi connectivity index (χ1v) is 10.4. The predicted octanol–water partition coefficient (Wildman–Crippen LogP) is 2.07. The summed E-state index contributed by atoms with van der Waals surface area (Å²) in [6.45, 7) is 2.03. The number of hydrogen-bond donors (Lipinski definition) is 3. The largest absolute Gasteiger partial charge is 0.457 e. The summed E-state index contributed by atoms with van der Waals surface area (Å²) in [5, 5.41) is 5.42. The van der Waals surface area contributed by atoms with Crippen molar-refractivity contribution in [2.75, 3.05) is 32.5 Å². The van der Waals surface area contributed by atoms with E-state index in [1.54, 1.807) is 42.9 Å². The monoisotopic (exact) mass is 453 g/mol. The molecule has 3 aromatic rings. The Morgan fingerprint density at radius 2 is 1.82 bits per heavy atom. The smallest absolute Gasteiger partial charge is 0.269 e. The number of ether oxygens (including phenoxy) is 1. The number of rotatable bonds is 7. The molecule has 10 heteroatoms. The van der Waals surface area contributed by atoms with Crippen LogP contribution < -0.4 is 21.1 Å². The number of nitrogens with zero attached hydrogens (tertiary/aromatic N) is 2. The topological polar surface area (TPSA) is 130 Å². The normalized spacial score (nSPS) is 12.1. The van der Waals surface area contributed by atoms with E-state index in [2.05, 4.69) is 25.4 Å². The Morgan fingerprint density at radius 1 is 1.09 bits per heavy atom. The van der Waals surface area contributed by atoms with Crippen LogP contribution >= 0.6 is 0 Å². The number of carbonyl (C=O) groups excluding carboxylic acids is 2. The van der Waals surface area contributed by atoms with Crippen molar-refractivity contribution in [1.29, 1.82) is 0 Å². The molecule has 174 valence electrons. The summed E-state index contributed by atoms with van der Waals surface area (Å²) in [6.07, 6.45) is 2.16. The van der Waals surface area contributed by atoms with Crippen LogP contribution in [0.5, 0.6) is 11.5 Å². The number of carbonyl (C=O) groups is 2. The van der Waals surface area contributed by atoms with Gasteiger partial charge in [-0.2, -0.15) is 0 Å². The highest BCUT2D eigenvalue weighted by Crippen LogP contribution is 2.22. The van der Waals surface area contributed by atoms with Crippen LogP contribution in [-0.2, 0) is 23.2 Å². The predicted molar refractivity (Wildman–Crippen MR) is 122 cm³/mol. The molecule has 0 spiro atoms. The van der Waals surface area contributed by atoms with Crippen molar-refractivity contribution >= 4 is 17.6 Å². The van der Waals surface area contributed by atoms with Gasteiger partial charge in [0, 0.05) is 32.9 Å². The third-order valence-electron chi connectivity index (χ3n) is 4.75. The molecule has 4 rings (SSSR count). The number of nitrogens with two attached hydrogens (primary N) is 1. The van der Waals surface area contributed by atoms with E-state index in [0.717, 1.165) is 18.8 Å². The quantitative estimate of drug-likeness (QED) is 0.467. The average Bonchev–Trinajstić information content (AvgIpc) is 3.11. The van der Waals surface area contributed by atoms with Crippen LogP contribution in [-0.4, -0.2) is 48.2 Å². The SMILES string of the molecule is C1COO1.CNC(=O)c1cc(Oc2cccc(CCNC(=O)c3ccc(N)n3C)c2)ccn1. The van der Waals surface area contributed by atoms with Crippen LogP contribution in [0.2, 0.25) is 0 Å². The van der Waals surface area contributed by atoms with Crippen LogP contribution in [0.1, 0.15) is 26.5 Å². The molecule has 1 aromatic carbocycles. The number of anilines is 1. The zero-order valence-corrected chi connectivity index (χ0v) is 18.5. The van der Waals surface area contributed by atoms with Crippen molar-refractivity contribution in [3.63, 3.8) is 0 Å². The minimum Gasteiger partial charge on any atom is -0.457 e. The minimum atomic E-state index is -0.278. The molecular formula is C23H27N5O5. The van der Waals surface area contributed by atoms with Gasteiger partial charge in [-0.15, -0.1) is 0 Å². The van der Waals surface area contributed by atoms with Gasteiger partial charge in [0.2, 0.25) is 0 Å². The van der Waals surface area contributed by atoms with Gasteiger partial charge in [0.05, 0.1) is 0 Å². The summed E-state index contributed by atoms with van der Waals surface area (Å²) in [5.41, 5.74) is 7.56. The van der Waals surface area contributed by atoms with Crippen LogP contribution in [0.4, 0.5) is 5.82 Å². The highest BCUT2D eigenvalue weighted by atomic mass is 17.2. The van der Waals surface area contributed by atoms with Gasteiger partial charge in [-0.1, -0.05) is 12.1 Å². The maximum absolute atomic E-state index is 12.2. The fraction of sp³-hybridized carbons (Fsp3) is 0.261. The highest BCUT2D eigenvalue weighted by Gasteiger charge is 2.11. The number of pyridine rings is 1. The van der Waals surface area contributed by atoms with Crippen LogP contribution in [0.15, 0.2) is 54.7 Å². The van der Waals surface area contributed by atoms with Crippen molar-refractivity contribution in [3.8, 4) is 11.5 Å². The summed E-state index contributed by atoms with van der Waals surface area (Å²) in [4.78, 5) is 36.4. The molecule has 0 unspecified atom stereocenters. The van der Waals surface area contributed by atoms with Gasteiger partial charge >= 0.3 is 0 Å². The summed E-state index contributed by atoms with van der Waals surface area (Å²) >= 11 is 0. The molecule has 1 fully saturated rings. The number of nitrogen functional groups attached to an aromatic ring is 1. The second kappa shape index (κ2) is 11.7. The van der Waals surface area contributed by atoms with Gasteiger partial charge in [0.1, 0.15) is 41.9 Å². The van der Waals surface area contributed by atoms with E-state index in [4.69, 9.17) is 10.5 Å². The third kappa shape index (κ3) is 6.79. The summed E-state index contributed by atoms with van der Waals surface area (Å²) in [6, 6.07) is 14.2. The molecule has 33 heavy (non-hydrogen) atoms.